The highest BCUT2D eigenvalue weighted by Crippen LogP contribution is 2.41. The summed E-state index contributed by atoms with van der Waals surface area (Å²) in [5, 5.41) is 15.5. The second-order valence-electron chi connectivity index (χ2n) is 5.04. The molecule has 2 N–H and O–H groups in total. The molecule has 0 saturated carbocycles. The molecule has 0 radical (unpaired) electrons. The number of nitrogen functional groups attached to an aromatic ring is 1. The molecule has 7 heteroatoms. The number of methoxy groups -OCH3 is 1. The Morgan fingerprint density at radius 3 is 2.62 bits per heavy atom. The van der Waals surface area contributed by atoms with Crippen LogP contribution in [0.25, 0.3) is 11.3 Å². The van der Waals surface area contributed by atoms with Crippen molar-refractivity contribution in [2.45, 2.75) is 19.8 Å². The zero-order valence-corrected chi connectivity index (χ0v) is 12.5. The van der Waals surface area contributed by atoms with Crippen LogP contribution in [0.4, 0.5) is 11.5 Å². The SMILES string of the molecule is COc1c(-c2nn(C)c(N)c2C(C)C)cccc1[N+](=O)[O-]. The monoisotopic (exact) mass is 290 g/mol. The van der Waals surface area contributed by atoms with Crippen molar-refractivity contribution in [2.75, 3.05) is 12.8 Å². The maximum atomic E-state index is 11.1. The lowest BCUT2D eigenvalue weighted by molar-refractivity contribution is -0.385. The molecular formula is C14H18N4O3. The van der Waals surface area contributed by atoms with E-state index in [1.54, 1.807) is 23.9 Å². The quantitative estimate of drug-likeness (QED) is 0.689. The van der Waals surface area contributed by atoms with E-state index < -0.39 is 4.92 Å². The molecule has 0 amide bonds. The van der Waals surface area contributed by atoms with Gasteiger partial charge in [-0.15, -0.1) is 0 Å². The molecule has 0 saturated heterocycles. The first-order valence-electron chi connectivity index (χ1n) is 6.52. The van der Waals surface area contributed by atoms with Crippen LogP contribution in [-0.2, 0) is 7.05 Å². The number of rotatable bonds is 4. The summed E-state index contributed by atoms with van der Waals surface area (Å²) < 4.78 is 6.82. The molecule has 0 atom stereocenters. The highest BCUT2D eigenvalue weighted by molar-refractivity contribution is 5.78. The smallest absolute Gasteiger partial charge is 0.311 e. The number of nitro benzene ring substituents is 1. The van der Waals surface area contributed by atoms with Gasteiger partial charge < -0.3 is 10.5 Å². The summed E-state index contributed by atoms with van der Waals surface area (Å²) in [5.41, 5.74) is 8.01. The number of nitro groups is 1. The summed E-state index contributed by atoms with van der Waals surface area (Å²) in [6.45, 7) is 4.00. The van der Waals surface area contributed by atoms with Crippen LogP contribution in [0.2, 0.25) is 0 Å². The average molecular weight is 290 g/mol. The fourth-order valence-electron chi connectivity index (χ4n) is 2.39. The number of nitrogens with zero attached hydrogens (tertiary/aromatic N) is 3. The Bertz CT molecular complexity index is 692. The number of nitrogens with two attached hydrogens (primary N) is 1. The van der Waals surface area contributed by atoms with Gasteiger partial charge in [0.05, 0.1) is 17.6 Å². The van der Waals surface area contributed by atoms with E-state index in [2.05, 4.69) is 5.10 Å². The zero-order valence-electron chi connectivity index (χ0n) is 12.5. The van der Waals surface area contributed by atoms with Gasteiger partial charge in [-0.25, -0.2) is 0 Å². The minimum atomic E-state index is -0.469. The molecule has 0 spiro atoms. The number of aryl methyl sites for hydroxylation is 1. The molecule has 1 aromatic carbocycles. The summed E-state index contributed by atoms with van der Waals surface area (Å²) in [7, 11) is 3.15. The average Bonchev–Trinajstić information content (AvgIpc) is 2.73. The lowest BCUT2D eigenvalue weighted by Crippen LogP contribution is -2.00. The number of benzene rings is 1. The summed E-state index contributed by atoms with van der Waals surface area (Å²) in [5.74, 6) is 0.883. The molecule has 1 heterocycles. The Morgan fingerprint density at radius 2 is 2.10 bits per heavy atom. The predicted octanol–water partition coefficient (Wildman–Crippen LogP) is 2.71. The number of aromatic nitrogens is 2. The maximum Gasteiger partial charge on any atom is 0.311 e. The van der Waals surface area contributed by atoms with E-state index in [0.29, 0.717) is 17.1 Å². The van der Waals surface area contributed by atoms with Crippen molar-refractivity contribution < 1.29 is 9.66 Å². The Balaban J connectivity index is 2.76. The van der Waals surface area contributed by atoms with Crippen LogP contribution in [0.5, 0.6) is 5.75 Å². The molecule has 2 rings (SSSR count). The molecule has 0 aliphatic carbocycles. The normalized spacial score (nSPS) is 10.9. The molecule has 0 bridgehead atoms. The van der Waals surface area contributed by atoms with Gasteiger partial charge in [0.25, 0.3) is 0 Å². The van der Waals surface area contributed by atoms with E-state index in [0.717, 1.165) is 5.56 Å². The largest absolute Gasteiger partial charge is 0.490 e. The van der Waals surface area contributed by atoms with Gasteiger partial charge in [0.15, 0.2) is 0 Å². The van der Waals surface area contributed by atoms with E-state index in [1.165, 1.54) is 13.2 Å². The molecule has 0 aliphatic rings. The van der Waals surface area contributed by atoms with Gasteiger partial charge in [0.1, 0.15) is 11.5 Å². The molecule has 0 fully saturated rings. The molecular weight excluding hydrogens is 272 g/mol. The number of ether oxygens (including phenoxy) is 1. The van der Waals surface area contributed by atoms with Crippen LogP contribution in [0.3, 0.4) is 0 Å². The summed E-state index contributed by atoms with van der Waals surface area (Å²) in [6, 6.07) is 4.77. The lowest BCUT2D eigenvalue weighted by atomic mass is 9.97. The third-order valence-corrected chi connectivity index (χ3v) is 3.36. The van der Waals surface area contributed by atoms with Crippen molar-refractivity contribution in [3.05, 3.63) is 33.9 Å². The molecule has 2 aromatic rings. The van der Waals surface area contributed by atoms with Crippen LogP contribution in [0, 0.1) is 10.1 Å². The number of anilines is 1. The Morgan fingerprint density at radius 1 is 1.43 bits per heavy atom. The van der Waals surface area contributed by atoms with E-state index in [1.807, 2.05) is 13.8 Å². The van der Waals surface area contributed by atoms with Crippen molar-refractivity contribution in [2.24, 2.45) is 7.05 Å². The van der Waals surface area contributed by atoms with E-state index in [9.17, 15) is 10.1 Å². The van der Waals surface area contributed by atoms with Gasteiger partial charge in [-0.05, 0) is 12.0 Å². The zero-order chi connectivity index (χ0) is 15.7. The Kier molecular flexibility index (Phi) is 3.84. The van der Waals surface area contributed by atoms with Crippen LogP contribution in [0.1, 0.15) is 25.3 Å². The lowest BCUT2D eigenvalue weighted by Gasteiger charge is -2.10. The van der Waals surface area contributed by atoms with Gasteiger partial charge in [0.2, 0.25) is 5.75 Å². The summed E-state index contributed by atoms with van der Waals surface area (Å²) in [4.78, 5) is 10.7. The molecule has 7 nitrogen and oxygen atoms in total. The molecule has 21 heavy (non-hydrogen) atoms. The second-order valence-corrected chi connectivity index (χ2v) is 5.04. The van der Waals surface area contributed by atoms with E-state index >= 15 is 0 Å². The Labute approximate surface area is 122 Å². The van der Waals surface area contributed by atoms with E-state index in [4.69, 9.17) is 10.5 Å². The van der Waals surface area contributed by atoms with Crippen LogP contribution < -0.4 is 10.5 Å². The van der Waals surface area contributed by atoms with E-state index in [-0.39, 0.29) is 17.4 Å². The fraction of sp³-hybridized carbons (Fsp3) is 0.357. The standard InChI is InChI=1S/C14H18N4O3/c1-8(2)11-12(16-17(3)14(11)15)9-6-5-7-10(18(19)20)13(9)21-4/h5-8H,15H2,1-4H3. The highest BCUT2D eigenvalue weighted by Gasteiger charge is 2.25. The first-order chi connectivity index (χ1) is 9.88. The van der Waals surface area contributed by atoms with Gasteiger partial charge in [-0.3, -0.25) is 14.8 Å². The minimum Gasteiger partial charge on any atom is -0.490 e. The molecule has 0 aliphatic heterocycles. The first kappa shape index (κ1) is 14.8. The third kappa shape index (κ3) is 2.42. The van der Waals surface area contributed by atoms with Crippen molar-refractivity contribution in [1.82, 2.24) is 9.78 Å². The molecule has 0 unspecified atom stereocenters. The van der Waals surface area contributed by atoms with Crippen LogP contribution >= 0.6 is 0 Å². The fourth-order valence-corrected chi connectivity index (χ4v) is 2.39. The van der Waals surface area contributed by atoms with Gasteiger partial charge >= 0.3 is 5.69 Å². The molecule has 1 aromatic heterocycles. The predicted molar refractivity (Wildman–Crippen MR) is 80.4 cm³/mol. The third-order valence-electron chi connectivity index (χ3n) is 3.36. The maximum absolute atomic E-state index is 11.1. The summed E-state index contributed by atoms with van der Waals surface area (Å²) >= 11 is 0. The van der Waals surface area contributed by atoms with Crippen molar-refractivity contribution in [3.8, 4) is 17.0 Å². The Hall–Kier alpha value is -2.57. The minimum absolute atomic E-state index is 0.0890. The van der Waals surface area contributed by atoms with Gasteiger partial charge in [0, 0.05) is 18.7 Å². The topological polar surface area (TPSA) is 96.2 Å². The van der Waals surface area contributed by atoms with Crippen molar-refractivity contribution in [1.29, 1.82) is 0 Å². The number of para-hydroxylation sites is 1. The summed E-state index contributed by atoms with van der Waals surface area (Å²) in [6.07, 6.45) is 0. The second kappa shape index (κ2) is 5.43. The first-order valence-corrected chi connectivity index (χ1v) is 6.52. The van der Waals surface area contributed by atoms with Crippen molar-refractivity contribution in [3.63, 3.8) is 0 Å². The van der Waals surface area contributed by atoms with Crippen molar-refractivity contribution >= 4 is 11.5 Å². The number of hydrogen-bond acceptors (Lipinski definition) is 5. The van der Waals surface area contributed by atoms with Gasteiger partial charge in [-0.1, -0.05) is 19.9 Å². The van der Waals surface area contributed by atoms with Gasteiger partial charge in [-0.2, -0.15) is 5.10 Å². The number of hydrogen-bond donors (Lipinski definition) is 1. The van der Waals surface area contributed by atoms with Crippen LogP contribution in [0.15, 0.2) is 18.2 Å². The highest BCUT2D eigenvalue weighted by atomic mass is 16.6. The van der Waals surface area contributed by atoms with Crippen LogP contribution in [-0.4, -0.2) is 21.8 Å². The molecule has 112 valence electrons.